The second kappa shape index (κ2) is 6.14. The van der Waals surface area contributed by atoms with Crippen LogP contribution in [0, 0.1) is 12.8 Å². The maximum Gasteiger partial charge on any atom is 0.139 e. The number of phenolic OH excluding ortho intramolecular Hbond substituents is 2. The van der Waals surface area contributed by atoms with Crippen LogP contribution in [0.3, 0.4) is 0 Å². The van der Waals surface area contributed by atoms with Crippen LogP contribution in [-0.4, -0.2) is 25.9 Å². The van der Waals surface area contributed by atoms with E-state index in [9.17, 15) is 15.3 Å². The fourth-order valence-electron chi connectivity index (χ4n) is 4.14. The van der Waals surface area contributed by atoms with E-state index in [1.165, 1.54) is 0 Å². The average molecular weight is 369 g/mol. The van der Waals surface area contributed by atoms with E-state index in [0.29, 0.717) is 17.0 Å². The van der Waals surface area contributed by atoms with E-state index >= 15 is 0 Å². The van der Waals surface area contributed by atoms with Crippen LogP contribution in [0.1, 0.15) is 56.4 Å². The highest BCUT2D eigenvalue weighted by Crippen LogP contribution is 2.56. The van der Waals surface area contributed by atoms with Crippen molar-refractivity contribution in [2.24, 2.45) is 5.92 Å². The van der Waals surface area contributed by atoms with Crippen LogP contribution < -0.4 is 0 Å². The van der Waals surface area contributed by atoms with Gasteiger partial charge in [0.15, 0.2) is 0 Å². The van der Waals surface area contributed by atoms with Crippen molar-refractivity contribution in [3.8, 4) is 11.5 Å². The van der Waals surface area contributed by atoms with E-state index in [1.807, 2.05) is 6.92 Å². The Morgan fingerprint density at radius 2 is 1.93 bits per heavy atom. The second-order valence-corrected chi connectivity index (χ2v) is 8.38. The van der Waals surface area contributed by atoms with Crippen LogP contribution in [0.2, 0.25) is 0 Å². The molecule has 1 aromatic heterocycles. The van der Waals surface area contributed by atoms with E-state index in [-0.39, 0.29) is 29.8 Å². The Morgan fingerprint density at radius 1 is 1.19 bits per heavy atom. The Kier molecular flexibility index (Phi) is 4.13. The van der Waals surface area contributed by atoms with Crippen molar-refractivity contribution in [3.05, 3.63) is 34.9 Å². The van der Waals surface area contributed by atoms with Crippen LogP contribution in [0.5, 0.6) is 11.5 Å². The minimum Gasteiger partial charge on any atom is -0.508 e. The molecule has 4 N–H and O–H groups in total. The third kappa shape index (κ3) is 2.77. The van der Waals surface area contributed by atoms with Crippen molar-refractivity contribution in [3.63, 3.8) is 0 Å². The molecule has 0 radical (unpaired) electrons. The van der Waals surface area contributed by atoms with E-state index in [1.54, 1.807) is 18.2 Å². The minimum atomic E-state index is -0.241. The van der Waals surface area contributed by atoms with Crippen LogP contribution >= 0.6 is 0 Å². The first-order chi connectivity index (χ1) is 12.8. The summed E-state index contributed by atoms with van der Waals surface area (Å²) >= 11 is 0. The second-order valence-electron chi connectivity index (χ2n) is 8.38. The predicted molar refractivity (Wildman–Crippen MR) is 106 cm³/mol. The van der Waals surface area contributed by atoms with Gasteiger partial charge in [-0.25, -0.2) is 0 Å². The number of ether oxygens (including phenoxy) is 1. The van der Waals surface area contributed by atoms with Gasteiger partial charge in [0.25, 0.3) is 0 Å². The summed E-state index contributed by atoms with van der Waals surface area (Å²) in [5.41, 5.74) is 3.63. The number of phenols is 2. The van der Waals surface area contributed by atoms with Gasteiger partial charge in [-0.2, -0.15) is 0 Å². The van der Waals surface area contributed by atoms with E-state index < -0.39 is 0 Å². The molecule has 0 spiro atoms. The van der Waals surface area contributed by atoms with Gasteiger partial charge in [0.1, 0.15) is 17.6 Å². The van der Waals surface area contributed by atoms with E-state index in [2.05, 4.69) is 25.8 Å². The molecule has 5 nitrogen and oxygen atoms in total. The number of hydrogen-bond acceptors (Lipinski definition) is 4. The number of aliphatic hydroxyl groups excluding tert-OH is 1. The molecule has 1 saturated heterocycles. The van der Waals surface area contributed by atoms with Gasteiger partial charge in [-0.05, 0) is 55.9 Å². The number of aromatic amines is 1. The summed E-state index contributed by atoms with van der Waals surface area (Å²) in [4.78, 5) is 3.33. The number of benzene rings is 2. The number of fused-ring (bicyclic) bond motifs is 3. The summed E-state index contributed by atoms with van der Waals surface area (Å²) in [6, 6.07) is 5.00. The summed E-state index contributed by atoms with van der Waals surface area (Å²) in [5, 5.41) is 32.2. The first kappa shape index (κ1) is 18.1. The molecular weight excluding hydrogens is 342 g/mol. The lowest BCUT2D eigenvalue weighted by Crippen LogP contribution is -2.09. The Labute approximate surface area is 158 Å². The van der Waals surface area contributed by atoms with Gasteiger partial charge in [-0.15, -0.1) is 0 Å². The highest BCUT2D eigenvalue weighted by atomic mass is 16.6. The monoisotopic (exact) mass is 369 g/mol. The normalized spacial score (nSPS) is 22.2. The number of rotatable bonds is 5. The number of aliphatic hydroxyl groups is 1. The summed E-state index contributed by atoms with van der Waals surface area (Å²) in [7, 11) is 0. The highest BCUT2D eigenvalue weighted by molar-refractivity contribution is 6.12. The van der Waals surface area contributed by atoms with Gasteiger partial charge in [-0.1, -0.05) is 19.9 Å². The number of hydrogen-bond donors (Lipinski definition) is 4. The van der Waals surface area contributed by atoms with Gasteiger partial charge in [0.05, 0.1) is 23.2 Å². The van der Waals surface area contributed by atoms with Gasteiger partial charge in [0, 0.05) is 16.3 Å². The minimum absolute atomic E-state index is 0.0985. The van der Waals surface area contributed by atoms with Crippen molar-refractivity contribution in [1.82, 2.24) is 4.98 Å². The number of aromatic hydroxyl groups is 2. The fraction of sp³-hybridized carbons (Fsp3) is 0.455. The SMILES string of the molecule is Cc1c(O)cc2c([nH]c3c(O)ccc(CO)c32)c1[C@H]1O[C@]1(C)CCC(C)C. The molecular formula is C22H27NO4. The third-order valence-electron chi connectivity index (χ3n) is 5.93. The maximum absolute atomic E-state index is 10.6. The van der Waals surface area contributed by atoms with E-state index in [0.717, 1.165) is 40.3 Å². The summed E-state index contributed by atoms with van der Waals surface area (Å²) < 4.78 is 6.12. The molecule has 3 aromatic rings. The molecule has 1 fully saturated rings. The number of nitrogens with one attached hydrogen (secondary N) is 1. The zero-order chi connectivity index (χ0) is 19.5. The van der Waals surface area contributed by atoms with Crippen molar-refractivity contribution < 1.29 is 20.1 Å². The molecule has 2 heterocycles. The average Bonchev–Trinajstić information content (AvgIpc) is 3.13. The lowest BCUT2D eigenvalue weighted by Gasteiger charge is -2.12. The largest absolute Gasteiger partial charge is 0.508 e. The first-order valence-corrected chi connectivity index (χ1v) is 9.54. The first-order valence-electron chi connectivity index (χ1n) is 9.54. The number of aromatic nitrogens is 1. The van der Waals surface area contributed by atoms with Gasteiger partial charge in [-0.3, -0.25) is 0 Å². The quantitative estimate of drug-likeness (QED) is 0.486. The lowest BCUT2D eigenvalue weighted by molar-refractivity contribution is 0.283. The topological polar surface area (TPSA) is 89.0 Å². The molecule has 0 bridgehead atoms. The van der Waals surface area contributed by atoms with Crippen LogP contribution in [0.4, 0.5) is 0 Å². The molecule has 1 aliphatic rings. The lowest BCUT2D eigenvalue weighted by atomic mass is 9.90. The van der Waals surface area contributed by atoms with Crippen LogP contribution in [0.15, 0.2) is 18.2 Å². The fourth-order valence-corrected chi connectivity index (χ4v) is 4.14. The molecule has 0 unspecified atom stereocenters. The molecule has 2 aromatic carbocycles. The maximum atomic E-state index is 10.6. The Hall–Kier alpha value is -2.24. The molecule has 4 rings (SSSR count). The number of H-pyrrole nitrogens is 1. The zero-order valence-electron chi connectivity index (χ0n) is 16.3. The van der Waals surface area contributed by atoms with Gasteiger partial charge < -0.3 is 25.0 Å². The Bertz CT molecular complexity index is 1040. The molecule has 144 valence electrons. The molecule has 1 aliphatic heterocycles. The van der Waals surface area contributed by atoms with Gasteiger partial charge in [0.2, 0.25) is 0 Å². The highest BCUT2D eigenvalue weighted by Gasteiger charge is 2.54. The standard InChI is InChI=1S/C22H27NO4/c1-11(2)7-8-22(4)21(27-22)17-12(3)16(26)9-14-18-13(10-24)5-6-15(25)20(18)23-19(14)17/h5-6,9,11,21,23-26H,7-8,10H2,1-4H3/t21-,22-/m1/s1. The number of epoxide rings is 1. The van der Waals surface area contributed by atoms with Crippen molar-refractivity contribution in [2.45, 2.75) is 58.8 Å². The third-order valence-corrected chi connectivity index (χ3v) is 5.93. The molecule has 5 heteroatoms. The smallest absolute Gasteiger partial charge is 0.139 e. The van der Waals surface area contributed by atoms with Crippen molar-refractivity contribution in [1.29, 1.82) is 0 Å². The van der Waals surface area contributed by atoms with Gasteiger partial charge >= 0.3 is 0 Å². The molecule has 27 heavy (non-hydrogen) atoms. The van der Waals surface area contributed by atoms with Crippen LogP contribution in [-0.2, 0) is 11.3 Å². The van der Waals surface area contributed by atoms with E-state index in [4.69, 9.17) is 4.74 Å². The van der Waals surface area contributed by atoms with Crippen LogP contribution in [0.25, 0.3) is 21.8 Å². The summed E-state index contributed by atoms with van der Waals surface area (Å²) in [6.45, 7) is 8.28. The molecule has 0 amide bonds. The summed E-state index contributed by atoms with van der Waals surface area (Å²) in [6.07, 6.45) is 1.94. The summed E-state index contributed by atoms with van der Waals surface area (Å²) in [5.74, 6) is 0.933. The zero-order valence-corrected chi connectivity index (χ0v) is 16.3. The van der Waals surface area contributed by atoms with Crippen molar-refractivity contribution in [2.75, 3.05) is 0 Å². The predicted octanol–water partition coefficient (Wildman–Crippen LogP) is 4.80. The Morgan fingerprint density at radius 3 is 2.59 bits per heavy atom. The molecule has 0 aliphatic carbocycles. The van der Waals surface area contributed by atoms with Crippen molar-refractivity contribution >= 4 is 21.8 Å². The molecule has 0 saturated carbocycles. The Balaban J connectivity index is 1.93. The molecule has 2 atom stereocenters.